The van der Waals surface area contributed by atoms with Gasteiger partial charge in [0.25, 0.3) is 0 Å². The summed E-state index contributed by atoms with van der Waals surface area (Å²) in [6, 6.07) is 6.83. The Kier molecular flexibility index (Phi) is 7.02. The van der Waals surface area contributed by atoms with Gasteiger partial charge in [0, 0.05) is 41.3 Å². The quantitative estimate of drug-likeness (QED) is 0.322. The maximum atomic E-state index is 12.7. The standard InChI is InChI=1S/C21H25ClN6O2/c1-13-10-24-21(25-17-7-8-17)27-19(13)28(23-3)11-14(2)20(30)26-18(12-29)15-5-4-6-16(22)9-15/h4-6,9-11,17-18,29H,3,7-8,12H2,1-2H3,(H,26,30)(H,24,25,27)/b14-11+/t18-/m1/s1. The molecule has 9 heteroatoms. The summed E-state index contributed by atoms with van der Waals surface area (Å²) in [5.41, 5.74) is 1.88. The summed E-state index contributed by atoms with van der Waals surface area (Å²) < 4.78 is 0. The summed E-state index contributed by atoms with van der Waals surface area (Å²) in [5, 5.41) is 21.7. The van der Waals surface area contributed by atoms with E-state index in [4.69, 9.17) is 11.6 Å². The average Bonchev–Trinajstić information content (AvgIpc) is 3.55. The molecule has 0 radical (unpaired) electrons. The number of carbonyl (C=O) groups is 1. The Hall–Kier alpha value is -2.97. The molecule has 1 aromatic heterocycles. The molecule has 0 aliphatic heterocycles. The van der Waals surface area contributed by atoms with Gasteiger partial charge in [-0.3, -0.25) is 4.79 Å². The van der Waals surface area contributed by atoms with Crippen molar-refractivity contribution in [1.29, 1.82) is 0 Å². The van der Waals surface area contributed by atoms with Crippen molar-refractivity contribution in [2.45, 2.75) is 38.8 Å². The van der Waals surface area contributed by atoms with Crippen molar-refractivity contribution in [2.24, 2.45) is 5.10 Å². The maximum absolute atomic E-state index is 12.7. The number of aromatic nitrogens is 2. The molecule has 0 bridgehead atoms. The van der Waals surface area contributed by atoms with E-state index >= 15 is 0 Å². The minimum absolute atomic E-state index is 0.260. The van der Waals surface area contributed by atoms with Crippen LogP contribution in [0.15, 0.2) is 47.3 Å². The monoisotopic (exact) mass is 428 g/mol. The van der Waals surface area contributed by atoms with Gasteiger partial charge in [-0.05, 0) is 44.4 Å². The molecule has 2 aromatic rings. The molecule has 1 aliphatic rings. The van der Waals surface area contributed by atoms with Crippen molar-refractivity contribution in [1.82, 2.24) is 15.3 Å². The molecule has 1 aromatic carbocycles. The Bertz CT molecular complexity index is 960. The third kappa shape index (κ3) is 5.55. The summed E-state index contributed by atoms with van der Waals surface area (Å²) in [5.74, 6) is 0.693. The molecule has 3 rings (SSSR count). The van der Waals surface area contributed by atoms with Gasteiger partial charge in [-0.2, -0.15) is 10.1 Å². The van der Waals surface area contributed by atoms with Crippen LogP contribution in [-0.2, 0) is 4.79 Å². The van der Waals surface area contributed by atoms with Crippen molar-refractivity contribution in [3.63, 3.8) is 0 Å². The second-order valence-corrected chi connectivity index (χ2v) is 7.62. The predicted molar refractivity (Wildman–Crippen MR) is 119 cm³/mol. The fraction of sp³-hybridized carbons (Fsp3) is 0.333. The Morgan fingerprint density at radius 3 is 2.90 bits per heavy atom. The number of benzene rings is 1. The van der Waals surface area contributed by atoms with Gasteiger partial charge in [-0.15, -0.1) is 0 Å². The third-order valence-corrected chi connectivity index (χ3v) is 4.87. The van der Waals surface area contributed by atoms with E-state index in [1.807, 2.05) is 6.92 Å². The Morgan fingerprint density at radius 1 is 1.50 bits per heavy atom. The largest absolute Gasteiger partial charge is 0.394 e. The number of aryl methyl sites for hydroxylation is 1. The van der Waals surface area contributed by atoms with Crippen LogP contribution in [0.1, 0.15) is 36.9 Å². The van der Waals surface area contributed by atoms with Crippen molar-refractivity contribution in [3.8, 4) is 0 Å². The Morgan fingerprint density at radius 2 is 2.27 bits per heavy atom. The molecule has 1 heterocycles. The molecule has 1 saturated carbocycles. The zero-order chi connectivity index (χ0) is 21.7. The SMILES string of the molecule is C=NN(/C=C(\C)C(=O)N[C@H](CO)c1cccc(Cl)c1)c1nc(NC2CC2)ncc1C. The first-order chi connectivity index (χ1) is 14.4. The van der Waals surface area contributed by atoms with E-state index in [0.717, 1.165) is 18.4 Å². The fourth-order valence-corrected chi connectivity index (χ4v) is 2.98. The topological polar surface area (TPSA) is 103 Å². The summed E-state index contributed by atoms with van der Waals surface area (Å²) in [7, 11) is 0. The van der Waals surface area contributed by atoms with Crippen molar-refractivity contribution in [3.05, 3.63) is 58.4 Å². The molecule has 30 heavy (non-hydrogen) atoms. The van der Waals surface area contributed by atoms with Gasteiger partial charge < -0.3 is 15.7 Å². The van der Waals surface area contributed by atoms with E-state index in [2.05, 4.69) is 32.4 Å². The lowest BCUT2D eigenvalue weighted by Crippen LogP contribution is -2.32. The summed E-state index contributed by atoms with van der Waals surface area (Å²) in [4.78, 5) is 21.5. The Labute approximate surface area is 180 Å². The molecular formula is C21H25ClN6O2. The minimum atomic E-state index is -0.583. The van der Waals surface area contributed by atoms with Gasteiger partial charge in [0.05, 0.1) is 12.6 Å². The number of nitrogens with one attached hydrogen (secondary N) is 2. The number of amides is 1. The van der Waals surface area contributed by atoms with E-state index in [-0.39, 0.29) is 12.5 Å². The highest BCUT2D eigenvalue weighted by Crippen LogP contribution is 2.25. The van der Waals surface area contributed by atoms with Crippen LogP contribution < -0.4 is 15.6 Å². The molecule has 1 fully saturated rings. The number of halogens is 1. The van der Waals surface area contributed by atoms with Gasteiger partial charge in [0.2, 0.25) is 11.9 Å². The number of carbonyl (C=O) groups excluding carboxylic acids is 1. The number of nitrogens with zero attached hydrogens (tertiary/aromatic N) is 4. The molecule has 3 N–H and O–H groups in total. The summed E-state index contributed by atoms with van der Waals surface area (Å²) in [6.45, 7) is 6.84. The highest BCUT2D eigenvalue weighted by molar-refractivity contribution is 6.30. The van der Waals surface area contributed by atoms with Crippen molar-refractivity contribution < 1.29 is 9.90 Å². The first-order valence-electron chi connectivity index (χ1n) is 9.63. The van der Waals surface area contributed by atoms with Crippen LogP contribution in [0.5, 0.6) is 0 Å². The molecular weight excluding hydrogens is 404 g/mol. The lowest BCUT2D eigenvalue weighted by Gasteiger charge is -2.19. The van der Waals surface area contributed by atoms with E-state index in [0.29, 0.717) is 34.0 Å². The second kappa shape index (κ2) is 9.69. The van der Waals surface area contributed by atoms with Gasteiger partial charge in [0.1, 0.15) is 0 Å². The van der Waals surface area contributed by atoms with Crippen LogP contribution in [-0.4, -0.2) is 40.3 Å². The van der Waals surface area contributed by atoms with E-state index in [9.17, 15) is 9.90 Å². The van der Waals surface area contributed by atoms with Crippen LogP contribution in [0.3, 0.4) is 0 Å². The highest BCUT2D eigenvalue weighted by Gasteiger charge is 2.23. The second-order valence-electron chi connectivity index (χ2n) is 7.18. The zero-order valence-electron chi connectivity index (χ0n) is 17.0. The summed E-state index contributed by atoms with van der Waals surface area (Å²) >= 11 is 6.01. The van der Waals surface area contributed by atoms with Crippen LogP contribution in [0, 0.1) is 6.92 Å². The van der Waals surface area contributed by atoms with Crippen LogP contribution >= 0.6 is 11.6 Å². The molecule has 0 saturated heterocycles. The normalized spacial score (nSPS) is 14.7. The van der Waals surface area contributed by atoms with Crippen LogP contribution in [0.4, 0.5) is 11.8 Å². The van der Waals surface area contributed by atoms with Gasteiger partial charge in [-0.1, -0.05) is 23.7 Å². The first kappa shape index (κ1) is 21.7. The number of anilines is 2. The van der Waals surface area contributed by atoms with Gasteiger partial charge in [0.15, 0.2) is 5.82 Å². The number of hydrazone groups is 1. The van der Waals surface area contributed by atoms with E-state index in [1.54, 1.807) is 43.6 Å². The predicted octanol–water partition coefficient (Wildman–Crippen LogP) is 3.19. The lowest BCUT2D eigenvalue weighted by atomic mass is 10.1. The zero-order valence-corrected chi connectivity index (χ0v) is 17.7. The molecule has 0 unspecified atom stereocenters. The van der Waals surface area contributed by atoms with Crippen molar-refractivity contribution in [2.75, 3.05) is 16.9 Å². The molecule has 1 aliphatic carbocycles. The number of aliphatic hydroxyl groups is 1. The average molecular weight is 429 g/mol. The van der Waals surface area contributed by atoms with E-state index in [1.165, 1.54) is 5.01 Å². The maximum Gasteiger partial charge on any atom is 0.249 e. The Balaban J connectivity index is 1.76. The van der Waals surface area contributed by atoms with Crippen LogP contribution in [0.25, 0.3) is 0 Å². The molecule has 8 nitrogen and oxygen atoms in total. The molecule has 1 atom stereocenters. The highest BCUT2D eigenvalue weighted by atomic mass is 35.5. The number of aliphatic hydroxyl groups excluding tert-OH is 1. The van der Waals surface area contributed by atoms with E-state index < -0.39 is 6.04 Å². The van der Waals surface area contributed by atoms with Gasteiger partial charge in [-0.25, -0.2) is 9.99 Å². The molecule has 0 spiro atoms. The molecule has 1 amide bonds. The number of hydrogen-bond donors (Lipinski definition) is 3. The molecule has 158 valence electrons. The van der Waals surface area contributed by atoms with Crippen molar-refractivity contribution >= 4 is 36.0 Å². The fourth-order valence-electron chi connectivity index (χ4n) is 2.79. The third-order valence-electron chi connectivity index (χ3n) is 4.64. The first-order valence-corrected chi connectivity index (χ1v) is 10.0. The van der Waals surface area contributed by atoms with Crippen LogP contribution in [0.2, 0.25) is 5.02 Å². The minimum Gasteiger partial charge on any atom is -0.394 e. The van der Waals surface area contributed by atoms with Gasteiger partial charge >= 0.3 is 0 Å². The summed E-state index contributed by atoms with van der Waals surface area (Å²) in [6.07, 6.45) is 5.46. The number of rotatable bonds is 9. The number of hydrogen-bond acceptors (Lipinski definition) is 7. The smallest absolute Gasteiger partial charge is 0.249 e. The lowest BCUT2D eigenvalue weighted by molar-refractivity contribution is -0.118.